The minimum absolute atomic E-state index is 0.198. The Morgan fingerprint density at radius 1 is 1.23 bits per heavy atom. The van der Waals surface area contributed by atoms with Crippen LogP contribution >= 0.6 is 11.6 Å². The quantitative estimate of drug-likeness (QED) is 0.585. The summed E-state index contributed by atoms with van der Waals surface area (Å²) in [5, 5.41) is 8.59. The Morgan fingerprint density at radius 2 is 1.77 bits per heavy atom. The van der Waals surface area contributed by atoms with E-state index in [0.29, 0.717) is 4.90 Å². The third kappa shape index (κ3) is 2.90. The van der Waals surface area contributed by atoms with Crippen molar-refractivity contribution in [2.75, 3.05) is 4.90 Å². The number of nitriles is 1. The molecule has 1 aromatic carbocycles. The molecule has 0 aliphatic carbocycles. The van der Waals surface area contributed by atoms with E-state index in [1.165, 1.54) is 0 Å². The van der Waals surface area contributed by atoms with E-state index >= 15 is 0 Å². The standard InChI is InChI=1S/C13H7ClF4N2O2/c14-8-4-9(15)10(1-6(8)5-19)20-11(21)2-7(3-12(20)22)13(16,17)18/h1,4,7H,2-3H2. The number of hydrogen-bond acceptors (Lipinski definition) is 3. The van der Waals surface area contributed by atoms with E-state index in [9.17, 15) is 27.2 Å². The maximum absolute atomic E-state index is 13.9. The molecular formula is C13H7ClF4N2O2. The Labute approximate surface area is 126 Å². The van der Waals surface area contributed by atoms with Gasteiger partial charge < -0.3 is 0 Å². The molecule has 1 fully saturated rings. The summed E-state index contributed by atoms with van der Waals surface area (Å²) in [5.41, 5.74) is -0.770. The lowest BCUT2D eigenvalue weighted by Gasteiger charge is -2.31. The van der Waals surface area contributed by atoms with Crippen molar-refractivity contribution in [3.05, 3.63) is 28.5 Å². The van der Waals surface area contributed by atoms with E-state index in [0.717, 1.165) is 12.1 Å². The normalized spacial score (nSPS) is 16.8. The number of carbonyl (C=O) groups is 2. The Hall–Kier alpha value is -2.14. The molecule has 9 heteroatoms. The fourth-order valence-corrected chi connectivity index (χ4v) is 2.30. The Kier molecular flexibility index (Phi) is 4.11. The number of anilines is 1. The monoisotopic (exact) mass is 334 g/mol. The Bertz CT molecular complexity index is 679. The molecule has 116 valence electrons. The van der Waals surface area contributed by atoms with Crippen LogP contribution in [0.5, 0.6) is 0 Å². The third-order valence-corrected chi connectivity index (χ3v) is 3.51. The Balaban J connectivity index is 2.41. The van der Waals surface area contributed by atoms with Gasteiger partial charge in [-0.15, -0.1) is 0 Å². The number of alkyl halides is 3. The van der Waals surface area contributed by atoms with Gasteiger partial charge in [-0.05, 0) is 12.1 Å². The molecule has 4 nitrogen and oxygen atoms in total. The molecule has 0 atom stereocenters. The topological polar surface area (TPSA) is 61.2 Å². The van der Waals surface area contributed by atoms with Crippen LogP contribution in [0.4, 0.5) is 23.2 Å². The molecule has 1 saturated heterocycles. The Morgan fingerprint density at radius 3 is 2.23 bits per heavy atom. The molecule has 1 heterocycles. The molecule has 2 amide bonds. The average molecular weight is 335 g/mol. The maximum Gasteiger partial charge on any atom is 0.392 e. The van der Waals surface area contributed by atoms with Crippen LogP contribution in [0.2, 0.25) is 5.02 Å². The minimum Gasteiger partial charge on any atom is -0.274 e. The first kappa shape index (κ1) is 16.2. The van der Waals surface area contributed by atoms with Gasteiger partial charge in [0.15, 0.2) is 0 Å². The first-order valence-corrected chi connectivity index (χ1v) is 6.34. The zero-order valence-electron chi connectivity index (χ0n) is 10.7. The van der Waals surface area contributed by atoms with Crippen molar-refractivity contribution in [1.29, 1.82) is 5.26 Å². The fraction of sp³-hybridized carbons (Fsp3) is 0.308. The van der Waals surface area contributed by atoms with Crippen molar-refractivity contribution >= 4 is 29.1 Å². The number of halogens is 5. The van der Waals surface area contributed by atoms with Gasteiger partial charge in [-0.1, -0.05) is 11.6 Å². The number of rotatable bonds is 1. The zero-order chi connectivity index (χ0) is 16.7. The van der Waals surface area contributed by atoms with Gasteiger partial charge in [0.1, 0.15) is 11.9 Å². The number of benzene rings is 1. The van der Waals surface area contributed by atoms with Crippen LogP contribution in [0.3, 0.4) is 0 Å². The maximum atomic E-state index is 13.9. The molecule has 0 saturated carbocycles. The molecule has 0 spiro atoms. The molecule has 0 N–H and O–H groups in total. The van der Waals surface area contributed by atoms with Crippen molar-refractivity contribution in [1.82, 2.24) is 0 Å². The van der Waals surface area contributed by atoms with Gasteiger partial charge in [0.2, 0.25) is 11.8 Å². The molecule has 0 unspecified atom stereocenters. The fourth-order valence-electron chi connectivity index (χ4n) is 2.11. The second-order valence-corrected chi connectivity index (χ2v) is 5.07. The minimum atomic E-state index is -4.69. The number of hydrogen-bond donors (Lipinski definition) is 0. The number of nitrogens with zero attached hydrogens (tertiary/aromatic N) is 2. The molecule has 0 radical (unpaired) electrons. The average Bonchev–Trinajstić information content (AvgIpc) is 2.39. The predicted molar refractivity (Wildman–Crippen MR) is 67.4 cm³/mol. The molecule has 1 aliphatic rings. The van der Waals surface area contributed by atoms with Crippen molar-refractivity contribution in [3.63, 3.8) is 0 Å². The molecule has 1 aliphatic heterocycles. The summed E-state index contributed by atoms with van der Waals surface area (Å²) in [7, 11) is 0. The molecular weight excluding hydrogens is 328 g/mol. The summed E-state index contributed by atoms with van der Waals surface area (Å²) in [4.78, 5) is 24.0. The largest absolute Gasteiger partial charge is 0.392 e. The van der Waals surface area contributed by atoms with Crippen LogP contribution in [-0.2, 0) is 9.59 Å². The zero-order valence-corrected chi connectivity index (χ0v) is 11.5. The highest BCUT2D eigenvalue weighted by atomic mass is 35.5. The second-order valence-electron chi connectivity index (χ2n) is 4.66. The summed E-state index contributed by atoms with van der Waals surface area (Å²) in [5.74, 6) is -5.52. The van der Waals surface area contributed by atoms with Crippen molar-refractivity contribution in [2.45, 2.75) is 19.0 Å². The highest BCUT2D eigenvalue weighted by molar-refractivity contribution is 6.32. The van der Waals surface area contributed by atoms with E-state index in [4.69, 9.17) is 16.9 Å². The summed E-state index contributed by atoms with van der Waals surface area (Å²) >= 11 is 5.60. The summed E-state index contributed by atoms with van der Waals surface area (Å²) in [6.07, 6.45) is -6.61. The van der Waals surface area contributed by atoms with E-state index in [2.05, 4.69) is 0 Å². The van der Waals surface area contributed by atoms with E-state index in [-0.39, 0.29) is 10.6 Å². The summed E-state index contributed by atoms with van der Waals surface area (Å²) in [6, 6.07) is 3.23. The summed E-state index contributed by atoms with van der Waals surface area (Å²) < 4.78 is 51.7. The number of imide groups is 1. The van der Waals surface area contributed by atoms with Crippen molar-refractivity contribution in [3.8, 4) is 6.07 Å². The van der Waals surface area contributed by atoms with Gasteiger partial charge in [-0.3, -0.25) is 9.59 Å². The van der Waals surface area contributed by atoms with Gasteiger partial charge in [0.05, 0.1) is 22.2 Å². The van der Waals surface area contributed by atoms with Crippen LogP contribution in [0.15, 0.2) is 12.1 Å². The smallest absolute Gasteiger partial charge is 0.274 e. The van der Waals surface area contributed by atoms with Gasteiger partial charge in [0, 0.05) is 12.8 Å². The van der Waals surface area contributed by atoms with Gasteiger partial charge >= 0.3 is 6.18 Å². The lowest BCUT2D eigenvalue weighted by molar-refractivity contribution is -0.185. The van der Waals surface area contributed by atoms with Crippen LogP contribution in [-0.4, -0.2) is 18.0 Å². The lowest BCUT2D eigenvalue weighted by atomic mass is 9.94. The SMILES string of the molecule is N#Cc1cc(N2C(=O)CC(C(F)(F)F)CC2=O)c(F)cc1Cl. The molecule has 22 heavy (non-hydrogen) atoms. The van der Waals surface area contributed by atoms with Crippen molar-refractivity contribution < 1.29 is 27.2 Å². The highest BCUT2D eigenvalue weighted by Gasteiger charge is 2.47. The van der Waals surface area contributed by atoms with Crippen LogP contribution < -0.4 is 4.90 Å². The van der Waals surface area contributed by atoms with Gasteiger partial charge in [-0.25, -0.2) is 9.29 Å². The van der Waals surface area contributed by atoms with E-state index in [1.54, 1.807) is 6.07 Å². The summed E-state index contributed by atoms with van der Waals surface area (Å²) in [6.45, 7) is 0. The number of piperidine rings is 1. The first-order chi connectivity index (χ1) is 10.1. The van der Waals surface area contributed by atoms with Crippen LogP contribution in [0, 0.1) is 23.1 Å². The molecule has 2 rings (SSSR count). The predicted octanol–water partition coefficient (Wildman–Crippen LogP) is 3.18. The highest BCUT2D eigenvalue weighted by Crippen LogP contribution is 2.37. The van der Waals surface area contributed by atoms with Crippen LogP contribution in [0.25, 0.3) is 0 Å². The number of amides is 2. The van der Waals surface area contributed by atoms with Gasteiger partial charge in [-0.2, -0.15) is 18.4 Å². The third-order valence-electron chi connectivity index (χ3n) is 3.20. The van der Waals surface area contributed by atoms with Crippen molar-refractivity contribution in [2.24, 2.45) is 5.92 Å². The van der Waals surface area contributed by atoms with E-state index in [1.807, 2.05) is 0 Å². The molecule has 0 aromatic heterocycles. The molecule has 0 bridgehead atoms. The first-order valence-electron chi connectivity index (χ1n) is 5.96. The molecule has 1 aromatic rings. The second kappa shape index (κ2) is 5.57. The number of carbonyl (C=O) groups excluding carboxylic acids is 2. The van der Waals surface area contributed by atoms with E-state index < -0.39 is 48.3 Å². The van der Waals surface area contributed by atoms with Gasteiger partial charge in [0.25, 0.3) is 0 Å². The van der Waals surface area contributed by atoms with Crippen LogP contribution in [0.1, 0.15) is 18.4 Å². The lowest BCUT2D eigenvalue weighted by Crippen LogP contribution is -2.47.